The molecule has 13 heteroatoms. The molecule has 6 rings (SSSR count). The van der Waals surface area contributed by atoms with Gasteiger partial charge < -0.3 is 4.74 Å². The maximum Gasteiger partial charge on any atom is 0.339 e. The third-order valence-corrected chi connectivity index (χ3v) is 11.6. The summed E-state index contributed by atoms with van der Waals surface area (Å²) >= 11 is 13.6. The highest BCUT2D eigenvalue weighted by molar-refractivity contribution is 9.12. The van der Waals surface area contributed by atoms with Crippen LogP contribution >= 0.6 is 43.5 Å². The van der Waals surface area contributed by atoms with Crippen LogP contribution in [0.1, 0.15) is 39.1 Å². The second-order valence-corrected chi connectivity index (χ2v) is 14.0. The molecule has 2 heterocycles. The molecule has 4 unspecified atom stereocenters. The van der Waals surface area contributed by atoms with Gasteiger partial charge in [0.2, 0.25) is 17.6 Å². The van der Waals surface area contributed by atoms with E-state index in [0.29, 0.717) is 51.3 Å². The zero-order valence-electron chi connectivity index (χ0n) is 24.1. The van der Waals surface area contributed by atoms with Crippen molar-refractivity contribution >= 4 is 89.3 Å². The third-order valence-electron chi connectivity index (χ3n) is 8.43. The van der Waals surface area contributed by atoms with Crippen LogP contribution in [0.2, 0.25) is 5.02 Å². The standard InChI is InChI=1S/C33H24Br2ClN3O7/c1-16-27(36)10-9-21-24(33(43)46-15-29(40)18-3-2-4-20(11-18)39(44)45)14-28(37-30(16)21)17-5-7-19(8-6-17)38-31(41)22-12-25(34)26(35)13-23(22)32(38)42/h2-11,14,22-23,25-26H,12-13,15H2,1H3. The largest absolute Gasteiger partial charge is 0.454 e. The molecule has 3 aromatic carbocycles. The molecule has 1 aliphatic carbocycles. The molecule has 2 amide bonds. The van der Waals surface area contributed by atoms with Crippen molar-refractivity contribution in [1.82, 2.24) is 4.98 Å². The number of amides is 2. The molecule has 0 bridgehead atoms. The van der Waals surface area contributed by atoms with Crippen molar-refractivity contribution in [2.75, 3.05) is 11.5 Å². The molecule has 1 saturated carbocycles. The molecule has 4 atom stereocenters. The highest BCUT2D eigenvalue weighted by Crippen LogP contribution is 2.44. The lowest BCUT2D eigenvalue weighted by Gasteiger charge is -2.29. The zero-order chi connectivity index (χ0) is 32.9. The molecule has 1 aliphatic heterocycles. The summed E-state index contributed by atoms with van der Waals surface area (Å²) in [6.07, 6.45) is 1.14. The molecule has 0 spiro atoms. The van der Waals surface area contributed by atoms with Gasteiger partial charge >= 0.3 is 5.97 Å². The Bertz CT molecular complexity index is 1920. The number of nitro benzene ring substituents is 1. The van der Waals surface area contributed by atoms with E-state index >= 15 is 0 Å². The SMILES string of the molecule is Cc1c(Cl)ccc2c(C(=O)OCC(=O)c3cccc([N+](=O)[O-])c3)cc(-c3ccc(N4C(=O)C5CC(Br)C(Br)CC5C4=O)cc3)nc12. The van der Waals surface area contributed by atoms with E-state index in [1.165, 1.54) is 29.2 Å². The van der Waals surface area contributed by atoms with Crippen LogP contribution in [0.25, 0.3) is 22.2 Å². The Kier molecular flexibility index (Phi) is 8.79. The Hall–Kier alpha value is -4.00. The van der Waals surface area contributed by atoms with E-state index < -0.39 is 23.3 Å². The van der Waals surface area contributed by atoms with E-state index in [4.69, 9.17) is 21.3 Å². The quantitative estimate of drug-likeness (QED) is 0.0480. The van der Waals surface area contributed by atoms with Gasteiger partial charge in [-0.25, -0.2) is 9.78 Å². The first-order valence-corrected chi connectivity index (χ1v) is 16.5. The number of fused-ring (bicyclic) bond motifs is 2. The van der Waals surface area contributed by atoms with Crippen molar-refractivity contribution in [1.29, 1.82) is 0 Å². The summed E-state index contributed by atoms with van der Waals surface area (Å²) in [6, 6.07) is 16.8. The summed E-state index contributed by atoms with van der Waals surface area (Å²) in [5, 5.41) is 12.0. The number of nitrogens with zero attached hydrogens (tertiary/aromatic N) is 3. The number of aryl methyl sites for hydroxylation is 1. The molecular formula is C33H24Br2ClN3O7. The Balaban J connectivity index is 1.29. The molecule has 1 aromatic heterocycles. The van der Waals surface area contributed by atoms with E-state index in [1.807, 2.05) is 0 Å². The number of aromatic nitrogens is 1. The van der Waals surface area contributed by atoms with Gasteiger partial charge in [-0.15, -0.1) is 0 Å². The summed E-state index contributed by atoms with van der Waals surface area (Å²) in [5.74, 6) is -2.59. The lowest BCUT2D eigenvalue weighted by molar-refractivity contribution is -0.384. The number of hydrogen-bond acceptors (Lipinski definition) is 8. The molecule has 2 aliphatic rings. The first-order valence-electron chi connectivity index (χ1n) is 14.3. The Morgan fingerprint density at radius 2 is 1.65 bits per heavy atom. The van der Waals surface area contributed by atoms with E-state index in [9.17, 15) is 29.3 Å². The van der Waals surface area contributed by atoms with Gasteiger partial charge in [0.15, 0.2) is 6.61 Å². The molecule has 10 nitrogen and oxygen atoms in total. The predicted octanol–water partition coefficient (Wildman–Crippen LogP) is 7.24. The number of alkyl halides is 2. The lowest BCUT2D eigenvalue weighted by Crippen LogP contribution is -2.34. The van der Waals surface area contributed by atoms with Crippen LogP contribution in [-0.2, 0) is 14.3 Å². The maximum atomic E-state index is 13.4. The number of halogens is 3. The van der Waals surface area contributed by atoms with Crippen LogP contribution < -0.4 is 4.90 Å². The molecule has 234 valence electrons. The number of anilines is 1. The van der Waals surface area contributed by atoms with Gasteiger partial charge in [-0.05, 0) is 49.6 Å². The second kappa shape index (κ2) is 12.7. The van der Waals surface area contributed by atoms with Crippen molar-refractivity contribution in [3.8, 4) is 11.3 Å². The second-order valence-electron chi connectivity index (χ2n) is 11.2. The first kappa shape index (κ1) is 32.0. The number of nitro groups is 1. The zero-order valence-corrected chi connectivity index (χ0v) is 28.0. The van der Waals surface area contributed by atoms with E-state index in [1.54, 1.807) is 43.3 Å². The number of pyridine rings is 1. The molecule has 1 saturated heterocycles. The van der Waals surface area contributed by atoms with Crippen molar-refractivity contribution < 1.29 is 28.8 Å². The summed E-state index contributed by atoms with van der Waals surface area (Å²) < 4.78 is 5.38. The average molecular weight is 770 g/mol. The Morgan fingerprint density at radius 3 is 2.28 bits per heavy atom. The molecular weight excluding hydrogens is 746 g/mol. The van der Waals surface area contributed by atoms with E-state index in [2.05, 4.69) is 31.9 Å². The van der Waals surface area contributed by atoms with Crippen LogP contribution in [0.15, 0.2) is 66.7 Å². The third kappa shape index (κ3) is 5.85. The number of ketones is 1. The first-order chi connectivity index (χ1) is 21.9. The van der Waals surface area contributed by atoms with Crippen LogP contribution in [0.3, 0.4) is 0 Å². The minimum absolute atomic E-state index is 0.0400. The smallest absolute Gasteiger partial charge is 0.339 e. The minimum atomic E-state index is -0.795. The highest BCUT2D eigenvalue weighted by Gasteiger charge is 2.52. The van der Waals surface area contributed by atoms with Crippen molar-refractivity contribution in [2.45, 2.75) is 29.4 Å². The highest BCUT2D eigenvalue weighted by atomic mass is 79.9. The van der Waals surface area contributed by atoms with Gasteiger partial charge in [0.25, 0.3) is 5.69 Å². The summed E-state index contributed by atoms with van der Waals surface area (Å²) in [7, 11) is 0. The normalized spacial score (nSPS) is 20.9. The number of hydrogen-bond donors (Lipinski definition) is 0. The Labute approximate surface area is 284 Å². The average Bonchev–Trinajstić information content (AvgIpc) is 3.29. The monoisotopic (exact) mass is 767 g/mol. The van der Waals surface area contributed by atoms with Gasteiger partial charge in [0.1, 0.15) is 0 Å². The lowest BCUT2D eigenvalue weighted by atomic mass is 9.81. The topological polar surface area (TPSA) is 137 Å². The molecule has 0 radical (unpaired) electrons. The van der Waals surface area contributed by atoms with Gasteiger partial charge in [-0.1, -0.05) is 73.8 Å². The summed E-state index contributed by atoms with van der Waals surface area (Å²) in [4.78, 5) is 69.4. The molecule has 46 heavy (non-hydrogen) atoms. The minimum Gasteiger partial charge on any atom is -0.454 e. The van der Waals surface area contributed by atoms with Crippen LogP contribution in [-0.4, -0.2) is 49.7 Å². The number of esters is 1. The van der Waals surface area contributed by atoms with Gasteiger partial charge in [-0.3, -0.25) is 29.4 Å². The van der Waals surface area contributed by atoms with Gasteiger partial charge in [0.05, 0.1) is 39.2 Å². The summed E-state index contributed by atoms with van der Waals surface area (Å²) in [6.45, 7) is 1.14. The maximum absolute atomic E-state index is 13.4. The number of ether oxygens (including phenoxy) is 1. The summed E-state index contributed by atoms with van der Waals surface area (Å²) in [5.41, 5.74) is 2.46. The van der Waals surface area contributed by atoms with Gasteiger partial charge in [-0.2, -0.15) is 0 Å². The van der Waals surface area contributed by atoms with Crippen molar-refractivity contribution in [3.63, 3.8) is 0 Å². The fourth-order valence-corrected chi connectivity index (χ4v) is 7.33. The van der Waals surface area contributed by atoms with Gasteiger partial charge in [0, 0.05) is 43.3 Å². The number of benzene rings is 3. The Morgan fingerprint density at radius 1 is 1.00 bits per heavy atom. The number of imide groups is 1. The van der Waals surface area contributed by atoms with Crippen LogP contribution in [0, 0.1) is 28.9 Å². The van der Waals surface area contributed by atoms with Crippen LogP contribution in [0.4, 0.5) is 11.4 Å². The number of carbonyl (C=O) groups is 4. The fraction of sp³-hybridized carbons (Fsp3) is 0.242. The van der Waals surface area contributed by atoms with E-state index in [0.717, 1.165) is 6.07 Å². The van der Waals surface area contributed by atoms with E-state index in [-0.39, 0.29) is 50.1 Å². The predicted molar refractivity (Wildman–Crippen MR) is 179 cm³/mol. The fourth-order valence-electron chi connectivity index (χ4n) is 5.94. The number of carbonyl (C=O) groups excluding carboxylic acids is 4. The van der Waals surface area contributed by atoms with Crippen molar-refractivity contribution in [3.05, 3.63) is 98.6 Å². The number of non-ortho nitro benzene ring substituents is 1. The molecule has 0 N–H and O–H groups in total. The molecule has 4 aromatic rings. The number of rotatable bonds is 7. The van der Waals surface area contributed by atoms with Crippen molar-refractivity contribution in [2.24, 2.45) is 11.8 Å². The molecule has 2 fully saturated rings. The number of Topliss-reactive ketones (excluding diaryl/α,β-unsaturated/α-hetero) is 1. The van der Waals surface area contributed by atoms with Crippen LogP contribution in [0.5, 0.6) is 0 Å².